The number of aromatic nitrogens is 2. The van der Waals surface area contributed by atoms with Crippen LogP contribution in [-0.2, 0) is 11.2 Å². The third-order valence-corrected chi connectivity index (χ3v) is 5.06. The van der Waals surface area contributed by atoms with Gasteiger partial charge >= 0.3 is 0 Å². The lowest BCUT2D eigenvalue weighted by molar-refractivity contribution is -0.116. The van der Waals surface area contributed by atoms with Crippen molar-refractivity contribution in [3.63, 3.8) is 0 Å². The molecule has 0 bridgehead atoms. The highest BCUT2D eigenvalue weighted by Gasteiger charge is 2.23. The Labute approximate surface area is 183 Å². The smallest absolute Gasteiger partial charge is 0.239 e. The van der Waals surface area contributed by atoms with Crippen LogP contribution in [0.5, 0.6) is 0 Å². The van der Waals surface area contributed by atoms with Gasteiger partial charge < -0.3 is 4.52 Å². The normalized spacial score (nSPS) is 10.8. The van der Waals surface area contributed by atoms with E-state index in [2.05, 4.69) is 15.5 Å². The fourth-order valence-electron chi connectivity index (χ4n) is 3.31. The minimum atomic E-state index is -0.423. The molecular weight excluding hydrogens is 417 g/mol. The van der Waals surface area contributed by atoms with Crippen molar-refractivity contribution in [3.05, 3.63) is 89.0 Å². The van der Waals surface area contributed by atoms with Gasteiger partial charge in [-0.2, -0.15) is 0 Å². The summed E-state index contributed by atoms with van der Waals surface area (Å²) < 4.78 is 20.0. The Morgan fingerprint density at radius 3 is 2.71 bits per heavy atom. The van der Waals surface area contributed by atoms with Crippen LogP contribution in [0.1, 0.15) is 17.5 Å². The van der Waals surface area contributed by atoms with E-state index >= 15 is 0 Å². The maximum Gasteiger partial charge on any atom is 0.239 e. The lowest BCUT2D eigenvalue weighted by Crippen LogP contribution is -2.12. The monoisotopic (exact) mass is 435 g/mol. The molecule has 1 N–H and O–H groups in total. The van der Waals surface area contributed by atoms with Crippen molar-refractivity contribution >= 4 is 23.4 Å². The van der Waals surface area contributed by atoms with Gasteiger partial charge in [-0.25, -0.2) is 4.39 Å². The highest BCUT2D eigenvalue weighted by atomic mass is 35.5. The summed E-state index contributed by atoms with van der Waals surface area (Å²) in [6.45, 7) is 1.87. The first-order valence-electron chi connectivity index (χ1n) is 9.72. The Morgan fingerprint density at radius 2 is 1.94 bits per heavy atom. The van der Waals surface area contributed by atoms with E-state index in [0.29, 0.717) is 33.8 Å². The summed E-state index contributed by atoms with van der Waals surface area (Å²) >= 11 is 6.00. The second kappa shape index (κ2) is 9.10. The average molecular weight is 436 g/mol. The minimum Gasteiger partial charge on any atom is -0.337 e. The molecule has 0 aliphatic rings. The molecule has 0 fully saturated rings. The first kappa shape index (κ1) is 20.8. The highest BCUT2D eigenvalue weighted by molar-refractivity contribution is 6.30. The molecule has 0 atom stereocenters. The van der Waals surface area contributed by atoms with Crippen molar-refractivity contribution in [2.24, 2.45) is 0 Å². The number of rotatable bonds is 6. The van der Waals surface area contributed by atoms with Gasteiger partial charge in [0.05, 0.1) is 5.56 Å². The third-order valence-electron chi connectivity index (χ3n) is 4.82. The molecule has 0 spiro atoms. The van der Waals surface area contributed by atoms with Gasteiger partial charge in [0, 0.05) is 29.4 Å². The summed E-state index contributed by atoms with van der Waals surface area (Å²) in [5.74, 6) is -0.506. The van der Waals surface area contributed by atoms with E-state index in [4.69, 9.17) is 16.1 Å². The Morgan fingerprint density at radius 1 is 1.13 bits per heavy atom. The van der Waals surface area contributed by atoms with Crippen molar-refractivity contribution < 1.29 is 13.7 Å². The van der Waals surface area contributed by atoms with Gasteiger partial charge in [0.15, 0.2) is 0 Å². The maximum absolute atomic E-state index is 14.6. The Kier molecular flexibility index (Phi) is 6.09. The zero-order chi connectivity index (χ0) is 21.8. The molecule has 0 saturated carbocycles. The third kappa shape index (κ3) is 4.81. The Hall–Kier alpha value is -3.51. The van der Waals surface area contributed by atoms with Crippen LogP contribution in [0.3, 0.4) is 0 Å². The predicted molar refractivity (Wildman–Crippen MR) is 118 cm³/mol. The molecule has 0 aliphatic heterocycles. The fourth-order valence-corrected chi connectivity index (χ4v) is 3.52. The quantitative estimate of drug-likeness (QED) is 0.398. The number of pyridine rings is 1. The predicted octanol–water partition coefficient (Wildman–Crippen LogP) is 6.08. The second-order valence-electron chi connectivity index (χ2n) is 7.13. The van der Waals surface area contributed by atoms with E-state index in [1.54, 1.807) is 42.7 Å². The van der Waals surface area contributed by atoms with Gasteiger partial charge in [-0.05, 0) is 60.9 Å². The first-order valence-corrected chi connectivity index (χ1v) is 10.1. The first-order chi connectivity index (χ1) is 15.0. The number of nitrogens with zero attached hydrogens (tertiary/aromatic N) is 2. The molecule has 4 aromatic rings. The molecule has 1 amide bonds. The molecular formula is C24H19ClFN3O2. The van der Waals surface area contributed by atoms with Crippen LogP contribution in [0.4, 0.5) is 10.3 Å². The number of carbonyl (C=O) groups is 1. The molecule has 156 valence electrons. The number of carbonyl (C=O) groups excluding carboxylic acids is 1. The van der Waals surface area contributed by atoms with Crippen molar-refractivity contribution in [2.45, 2.75) is 19.8 Å². The van der Waals surface area contributed by atoms with E-state index < -0.39 is 5.82 Å². The molecule has 2 aromatic carbocycles. The standard InChI is InChI=1S/C24H19ClFN3O2/c1-15-5-7-20(26)19(13-15)23-22(17-9-11-27-12-10-17)24(31-29-23)28-21(30)8-6-16-3-2-4-18(25)14-16/h2-5,7,9-14H,6,8H2,1H3,(H,28,30). The summed E-state index contributed by atoms with van der Waals surface area (Å²) in [5.41, 5.74) is 3.66. The van der Waals surface area contributed by atoms with Crippen LogP contribution in [-0.4, -0.2) is 16.0 Å². The SMILES string of the molecule is Cc1ccc(F)c(-c2noc(NC(=O)CCc3cccc(Cl)c3)c2-c2ccncc2)c1. The summed E-state index contributed by atoms with van der Waals surface area (Å²) in [5, 5.41) is 7.48. The van der Waals surface area contributed by atoms with E-state index in [0.717, 1.165) is 11.1 Å². The van der Waals surface area contributed by atoms with Gasteiger partial charge in [0.25, 0.3) is 0 Å². The number of aryl methyl sites for hydroxylation is 2. The number of hydrogen-bond acceptors (Lipinski definition) is 4. The molecule has 2 aromatic heterocycles. The zero-order valence-corrected chi connectivity index (χ0v) is 17.5. The number of anilines is 1. The van der Waals surface area contributed by atoms with E-state index in [9.17, 15) is 9.18 Å². The largest absolute Gasteiger partial charge is 0.337 e. The molecule has 5 nitrogen and oxygen atoms in total. The van der Waals surface area contributed by atoms with Crippen molar-refractivity contribution in [3.8, 4) is 22.4 Å². The van der Waals surface area contributed by atoms with Crippen LogP contribution in [0, 0.1) is 12.7 Å². The average Bonchev–Trinajstić information content (AvgIpc) is 3.18. The molecule has 2 heterocycles. The van der Waals surface area contributed by atoms with E-state index in [-0.39, 0.29) is 18.2 Å². The van der Waals surface area contributed by atoms with Gasteiger partial charge in [-0.1, -0.05) is 40.5 Å². The highest BCUT2D eigenvalue weighted by Crippen LogP contribution is 2.38. The lowest BCUT2D eigenvalue weighted by Gasteiger charge is -2.07. The van der Waals surface area contributed by atoms with Gasteiger partial charge in [0.2, 0.25) is 11.8 Å². The number of nitrogens with one attached hydrogen (secondary N) is 1. The number of amides is 1. The van der Waals surface area contributed by atoms with Crippen molar-refractivity contribution in [2.75, 3.05) is 5.32 Å². The maximum atomic E-state index is 14.6. The van der Waals surface area contributed by atoms with Gasteiger partial charge in [-0.3, -0.25) is 15.1 Å². The minimum absolute atomic E-state index is 0.165. The van der Waals surface area contributed by atoms with Crippen molar-refractivity contribution in [1.29, 1.82) is 0 Å². The topological polar surface area (TPSA) is 68.0 Å². The van der Waals surface area contributed by atoms with E-state index in [1.807, 2.05) is 25.1 Å². The molecule has 4 rings (SSSR count). The van der Waals surface area contributed by atoms with Crippen LogP contribution < -0.4 is 5.32 Å². The molecule has 7 heteroatoms. The molecule has 0 unspecified atom stereocenters. The van der Waals surface area contributed by atoms with Crippen LogP contribution in [0.15, 0.2) is 71.5 Å². The van der Waals surface area contributed by atoms with Crippen LogP contribution >= 0.6 is 11.6 Å². The van der Waals surface area contributed by atoms with Crippen LogP contribution in [0.2, 0.25) is 5.02 Å². The fraction of sp³-hybridized carbons (Fsp3) is 0.125. The molecule has 0 radical (unpaired) electrons. The number of hydrogen-bond donors (Lipinski definition) is 1. The lowest BCUT2D eigenvalue weighted by atomic mass is 10.00. The summed E-state index contributed by atoms with van der Waals surface area (Å²) in [6, 6.07) is 15.6. The number of halogens is 2. The Bertz CT molecular complexity index is 1220. The Balaban J connectivity index is 1.64. The molecule has 31 heavy (non-hydrogen) atoms. The summed E-state index contributed by atoms with van der Waals surface area (Å²) in [7, 11) is 0. The molecule has 0 aliphatic carbocycles. The summed E-state index contributed by atoms with van der Waals surface area (Å²) in [6.07, 6.45) is 3.97. The van der Waals surface area contributed by atoms with E-state index in [1.165, 1.54) is 6.07 Å². The van der Waals surface area contributed by atoms with Gasteiger partial charge in [0.1, 0.15) is 11.5 Å². The zero-order valence-electron chi connectivity index (χ0n) is 16.7. The van der Waals surface area contributed by atoms with Crippen molar-refractivity contribution in [1.82, 2.24) is 10.1 Å². The van der Waals surface area contributed by atoms with Crippen LogP contribution in [0.25, 0.3) is 22.4 Å². The number of benzene rings is 2. The molecule has 0 saturated heterocycles. The van der Waals surface area contributed by atoms with Gasteiger partial charge in [-0.15, -0.1) is 0 Å². The second-order valence-corrected chi connectivity index (χ2v) is 7.57. The summed E-state index contributed by atoms with van der Waals surface area (Å²) in [4.78, 5) is 16.6.